The maximum atomic E-state index is 4.14. The van der Waals surface area contributed by atoms with Gasteiger partial charge in [-0.05, 0) is 30.9 Å². The number of imidazole rings is 1. The van der Waals surface area contributed by atoms with E-state index in [-0.39, 0.29) is 0 Å². The zero-order valence-corrected chi connectivity index (χ0v) is 12.7. The maximum Gasteiger partial charge on any atom is 0.0992 e. The fourth-order valence-electron chi connectivity index (χ4n) is 2.42. The molecule has 0 spiro atoms. The quantitative estimate of drug-likeness (QED) is 0.803. The van der Waals surface area contributed by atoms with E-state index in [9.17, 15) is 0 Å². The summed E-state index contributed by atoms with van der Waals surface area (Å²) in [7, 11) is 0. The van der Waals surface area contributed by atoms with Crippen LogP contribution in [-0.4, -0.2) is 15.6 Å². The van der Waals surface area contributed by atoms with E-state index in [1.807, 2.05) is 18.7 Å². The van der Waals surface area contributed by atoms with Crippen LogP contribution in [0, 0.1) is 5.92 Å². The minimum absolute atomic E-state index is 0.523. The number of aromatic nitrogens is 2. The van der Waals surface area contributed by atoms with E-state index in [1.54, 1.807) is 0 Å². The third kappa shape index (κ3) is 3.62. The minimum Gasteiger partial charge on any atom is -0.381 e. The van der Waals surface area contributed by atoms with Crippen molar-refractivity contribution < 1.29 is 0 Å². The zero-order valence-electron chi connectivity index (χ0n) is 12.7. The van der Waals surface area contributed by atoms with Crippen LogP contribution in [0.5, 0.6) is 0 Å². The van der Waals surface area contributed by atoms with Gasteiger partial charge in [-0.3, -0.25) is 0 Å². The molecule has 2 atom stereocenters. The van der Waals surface area contributed by atoms with Gasteiger partial charge in [-0.25, -0.2) is 4.98 Å². The van der Waals surface area contributed by atoms with Crippen molar-refractivity contribution in [3.8, 4) is 5.69 Å². The number of para-hydroxylation sites is 2. The molecule has 3 heteroatoms. The van der Waals surface area contributed by atoms with Gasteiger partial charge < -0.3 is 9.88 Å². The van der Waals surface area contributed by atoms with Crippen LogP contribution in [0.1, 0.15) is 40.0 Å². The Balaban J connectivity index is 2.16. The van der Waals surface area contributed by atoms with Crippen molar-refractivity contribution in [2.75, 3.05) is 5.32 Å². The van der Waals surface area contributed by atoms with Crippen LogP contribution >= 0.6 is 0 Å². The van der Waals surface area contributed by atoms with Gasteiger partial charge in [-0.15, -0.1) is 0 Å². The summed E-state index contributed by atoms with van der Waals surface area (Å²) in [5.41, 5.74) is 2.34. The summed E-state index contributed by atoms with van der Waals surface area (Å²) in [6.45, 7) is 6.84. The predicted octanol–water partition coefficient (Wildman–Crippen LogP) is 4.50. The van der Waals surface area contributed by atoms with Crippen molar-refractivity contribution >= 4 is 5.69 Å². The Morgan fingerprint density at radius 3 is 2.65 bits per heavy atom. The summed E-state index contributed by atoms with van der Waals surface area (Å²) in [5.74, 6) is 0.757. The van der Waals surface area contributed by atoms with Gasteiger partial charge in [0.2, 0.25) is 0 Å². The number of hydrogen-bond acceptors (Lipinski definition) is 2. The fraction of sp³-hybridized carbons (Fsp3) is 0.471. The van der Waals surface area contributed by atoms with Crippen LogP contribution in [0.4, 0.5) is 5.69 Å². The average molecular weight is 271 g/mol. The Kier molecular flexibility index (Phi) is 5.22. The molecule has 2 unspecified atom stereocenters. The van der Waals surface area contributed by atoms with Crippen molar-refractivity contribution in [1.29, 1.82) is 0 Å². The molecule has 1 N–H and O–H groups in total. The molecule has 0 amide bonds. The second kappa shape index (κ2) is 7.13. The minimum atomic E-state index is 0.523. The highest BCUT2D eigenvalue weighted by Crippen LogP contribution is 2.23. The highest BCUT2D eigenvalue weighted by atomic mass is 15.1. The maximum absolute atomic E-state index is 4.14. The van der Waals surface area contributed by atoms with Crippen molar-refractivity contribution in [1.82, 2.24) is 9.55 Å². The van der Waals surface area contributed by atoms with Crippen LogP contribution in [0.3, 0.4) is 0 Å². The summed E-state index contributed by atoms with van der Waals surface area (Å²) >= 11 is 0. The topological polar surface area (TPSA) is 29.9 Å². The highest BCUT2D eigenvalue weighted by molar-refractivity contribution is 5.61. The van der Waals surface area contributed by atoms with E-state index < -0.39 is 0 Å². The van der Waals surface area contributed by atoms with E-state index >= 15 is 0 Å². The lowest BCUT2D eigenvalue weighted by molar-refractivity contribution is 0.461. The third-order valence-corrected chi connectivity index (χ3v) is 3.92. The SMILES string of the molecule is CCC(C)CC(CC)Nc1ccccc1-n1ccnc1. The summed E-state index contributed by atoms with van der Waals surface area (Å²) in [6.07, 6.45) is 9.23. The zero-order chi connectivity index (χ0) is 14.4. The van der Waals surface area contributed by atoms with E-state index in [2.05, 4.69) is 59.9 Å². The van der Waals surface area contributed by atoms with E-state index in [1.165, 1.54) is 18.5 Å². The predicted molar refractivity (Wildman–Crippen MR) is 85.3 cm³/mol. The van der Waals surface area contributed by atoms with Gasteiger partial charge in [0.15, 0.2) is 0 Å². The Labute approximate surface area is 122 Å². The Bertz CT molecular complexity index is 505. The van der Waals surface area contributed by atoms with Gasteiger partial charge in [-0.2, -0.15) is 0 Å². The molecule has 3 nitrogen and oxygen atoms in total. The molecule has 20 heavy (non-hydrogen) atoms. The summed E-state index contributed by atoms with van der Waals surface area (Å²) < 4.78 is 2.05. The van der Waals surface area contributed by atoms with Crippen molar-refractivity contribution in [2.24, 2.45) is 5.92 Å². The molecule has 1 heterocycles. The molecule has 0 aliphatic rings. The van der Waals surface area contributed by atoms with E-state index in [0.717, 1.165) is 18.0 Å². The van der Waals surface area contributed by atoms with Crippen molar-refractivity contribution in [3.05, 3.63) is 43.0 Å². The molecule has 0 aliphatic heterocycles. The monoisotopic (exact) mass is 271 g/mol. The summed E-state index contributed by atoms with van der Waals surface area (Å²) in [4.78, 5) is 4.14. The standard InChI is InChI=1S/C17H25N3/c1-4-14(3)12-15(5-2)19-16-8-6-7-9-17(16)20-11-10-18-13-20/h6-11,13-15,19H,4-5,12H2,1-3H3. The van der Waals surface area contributed by atoms with Gasteiger partial charge >= 0.3 is 0 Å². The molecule has 0 saturated carbocycles. The first-order valence-corrected chi connectivity index (χ1v) is 7.58. The van der Waals surface area contributed by atoms with Gasteiger partial charge in [0.25, 0.3) is 0 Å². The first kappa shape index (κ1) is 14.6. The molecule has 0 radical (unpaired) electrons. The summed E-state index contributed by atoms with van der Waals surface area (Å²) in [5, 5.41) is 3.70. The van der Waals surface area contributed by atoms with E-state index in [0.29, 0.717) is 6.04 Å². The molecule has 2 aromatic rings. The average Bonchev–Trinajstić information content (AvgIpc) is 3.01. The first-order valence-electron chi connectivity index (χ1n) is 7.58. The molecular weight excluding hydrogens is 246 g/mol. The van der Waals surface area contributed by atoms with Crippen LogP contribution in [0.25, 0.3) is 5.69 Å². The molecule has 0 bridgehead atoms. The third-order valence-electron chi connectivity index (χ3n) is 3.92. The van der Waals surface area contributed by atoms with Gasteiger partial charge in [0, 0.05) is 18.4 Å². The largest absolute Gasteiger partial charge is 0.381 e. The van der Waals surface area contributed by atoms with Crippen LogP contribution < -0.4 is 5.32 Å². The molecule has 1 aromatic carbocycles. The molecule has 0 fully saturated rings. The Hall–Kier alpha value is -1.77. The lowest BCUT2D eigenvalue weighted by Gasteiger charge is -2.23. The molecule has 0 aliphatic carbocycles. The van der Waals surface area contributed by atoms with Crippen LogP contribution in [0.15, 0.2) is 43.0 Å². The normalized spacial score (nSPS) is 13.9. The molecule has 108 valence electrons. The number of anilines is 1. The lowest BCUT2D eigenvalue weighted by Crippen LogP contribution is -2.22. The second-order valence-corrected chi connectivity index (χ2v) is 5.49. The number of rotatable bonds is 7. The van der Waals surface area contributed by atoms with Gasteiger partial charge in [0.05, 0.1) is 17.7 Å². The van der Waals surface area contributed by atoms with Gasteiger partial charge in [0.1, 0.15) is 0 Å². The number of nitrogens with zero attached hydrogens (tertiary/aromatic N) is 2. The smallest absolute Gasteiger partial charge is 0.0992 e. The first-order chi connectivity index (χ1) is 9.74. The summed E-state index contributed by atoms with van der Waals surface area (Å²) in [6, 6.07) is 8.94. The van der Waals surface area contributed by atoms with E-state index in [4.69, 9.17) is 0 Å². The van der Waals surface area contributed by atoms with Crippen molar-refractivity contribution in [2.45, 2.75) is 46.1 Å². The van der Waals surface area contributed by atoms with Crippen LogP contribution in [-0.2, 0) is 0 Å². The molecule has 0 saturated heterocycles. The molecular formula is C17H25N3. The van der Waals surface area contributed by atoms with Crippen molar-refractivity contribution in [3.63, 3.8) is 0 Å². The number of hydrogen-bond donors (Lipinski definition) is 1. The Morgan fingerprint density at radius 1 is 1.20 bits per heavy atom. The van der Waals surface area contributed by atoms with Gasteiger partial charge in [-0.1, -0.05) is 39.3 Å². The number of nitrogens with one attached hydrogen (secondary N) is 1. The highest BCUT2D eigenvalue weighted by Gasteiger charge is 2.12. The van der Waals surface area contributed by atoms with Crippen LogP contribution in [0.2, 0.25) is 0 Å². The number of benzene rings is 1. The fourth-order valence-corrected chi connectivity index (χ4v) is 2.42. The Morgan fingerprint density at radius 2 is 2.00 bits per heavy atom. The molecule has 1 aromatic heterocycles. The second-order valence-electron chi connectivity index (χ2n) is 5.49. The molecule has 2 rings (SSSR count). The lowest BCUT2D eigenvalue weighted by atomic mass is 9.97.